The second-order valence-electron chi connectivity index (χ2n) is 8.00. The number of nitrogens with one attached hydrogen (secondary N) is 1. The Labute approximate surface area is 214 Å². The first-order valence-electron chi connectivity index (χ1n) is 11.0. The number of pyridine rings is 1. The van der Waals surface area contributed by atoms with Crippen LogP contribution >= 0.6 is 0 Å². The number of nitrogens with zero attached hydrogens (tertiary/aromatic N) is 3. The van der Waals surface area contributed by atoms with Gasteiger partial charge in [-0.2, -0.15) is 23.4 Å². The first-order valence-corrected chi connectivity index (χ1v) is 11.0. The summed E-state index contributed by atoms with van der Waals surface area (Å²) in [4.78, 5) is 30.6. The van der Waals surface area contributed by atoms with E-state index in [2.05, 4.69) is 10.3 Å². The number of methoxy groups -OCH3 is 1. The molecule has 0 aliphatic heterocycles. The highest BCUT2D eigenvalue weighted by molar-refractivity contribution is 6.09. The molecule has 2 aromatic heterocycles. The minimum Gasteiger partial charge on any atom is -0.497 e. The molecule has 0 aliphatic carbocycles. The summed E-state index contributed by atoms with van der Waals surface area (Å²) in [6.45, 7) is 1.75. The number of ether oxygens (including phenoxy) is 2. The van der Waals surface area contributed by atoms with Crippen LogP contribution in [0.2, 0.25) is 0 Å². The molecule has 0 bridgehead atoms. The normalized spacial score (nSPS) is 11.6. The average molecular weight is 520 g/mol. The predicted molar refractivity (Wildman–Crippen MR) is 133 cm³/mol. The van der Waals surface area contributed by atoms with Gasteiger partial charge in [0.2, 0.25) is 5.88 Å². The molecule has 4 rings (SSSR count). The van der Waals surface area contributed by atoms with Crippen LogP contribution < -0.4 is 20.3 Å². The number of amides is 1. The molecule has 0 spiro atoms. The van der Waals surface area contributed by atoms with Crippen LogP contribution in [-0.2, 0) is 11.0 Å². The predicted octanol–water partition coefficient (Wildman–Crippen LogP) is 5.37. The van der Waals surface area contributed by atoms with Crippen LogP contribution in [0.5, 0.6) is 17.4 Å². The topological polar surface area (TPSA) is 106 Å². The molecule has 4 aromatic rings. The minimum absolute atomic E-state index is 0.172. The summed E-state index contributed by atoms with van der Waals surface area (Å²) in [5.41, 5.74) is -1.56. The highest BCUT2D eigenvalue weighted by Crippen LogP contribution is 2.31. The molecular weight excluding hydrogens is 501 g/mol. The Hall–Kier alpha value is -5.11. The summed E-state index contributed by atoms with van der Waals surface area (Å²) in [5.74, 6) is -0.319. The molecule has 0 atom stereocenters. The quantitative estimate of drug-likeness (QED) is 0.271. The van der Waals surface area contributed by atoms with Gasteiger partial charge in [0, 0.05) is 11.9 Å². The van der Waals surface area contributed by atoms with E-state index in [9.17, 15) is 28.0 Å². The van der Waals surface area contributed by atoms with Crippen molar-refractivity contribution in [2.75, 3.05) is 12.4 Å². The lowest BCUT2D eigenvalue weighted by Gasteiger charge is -2.12. The van der Waals surface area contributed by atoms with E-state index < -0.39 is 28.8 Å². The maximum atomic E-state index is 13.4. The van der Waals surface area contributed by atoms with Crippen molar-refractivity contribution in [1.29, 1.82) is 5.26 Å². The van der Waals surface area contributed by atoms with Gasteiger partial charge >= 0.3 is 6.18 Å². The van der Waals surface area contributed by atoms with Crippen molar-refractivity contribution < 1.29 is 27.4 Å². The zero-order valence-electron chi connectivity index (χ0n) is 20.0. The third-order valence-electron chi connectivity index (χ3n) is 5.42. The van der Waals surface area contributed by atoms with Crippen molar-refractivity contribution in [1.82, 2.24) is 9.38 Å². The first kappa shape index (κ1) is 26.0. The van der Waals surface area contributed by atoms with Crippen LogP contribution in [0.25, 0.3) is 11.7 Å². The molecule has 0 unspecified atom stereocenters. The van der Waals surface area contributed by atoms with Gasteiger partial charge in [-0.1, -0.05) is 12.1 Å². The van der Waals surface area contributed by atoms with E-state index in [-0.39, 0.29) is 17.1 Å². The zero-order chi connectivity index (χ0) is 27.4. The lowest BCUT2D eigenvalue weighted by molar-refractivity contribution is -0.137. The summed E-state index contributed by atoms with van der Waals surface area (Å²) in [5, 5.41) is 11.9. The van der Waals surface area contributed by atoms with Gasteiger partial charge < -0.3 is 14.8 Å². The summed E-state index contributed by atoms with van der Waals surface area (Å²) in [7, 11) is 1.50. The Balaban J connectivity index is 1.78. The minimum atomic E-state index is -4.62. The van der Waals surface area contributed by atoms with E-state index in [1.165, 1.54) is 23.8 Å². The zero-order valence-corrected chi connectivity index (χ0v) is 20.0. The largest absolute Gasteiger partial charge is 0.497 e. The molecule has 8 nitrogen and oxygen atoms in total. The molecule has 0 aliphatic rings. The van der Waals surface area contributed by atoms with Gasteiger partial charge in [-0.3, -0.25) is 14.0 Å². The number of aromatic nitrogens is 2. The van der Waals surface area contributed by atoms with Crippen molar-refractivity contribution in [3.63, 3.8) is 0 Å². The maximum absolute atomic E-state index is 13.4. The fourth-order valence-corrected chi connectivity index (χ4v) is 3.51. The lowest BCUT2D eigenvalue weighted by Crippen LogP contribution is -2.21. The van der Waals surface area contributed by atoms with Crippen molar-refractivity contribution in [3.8, 4) is 23.4 Å². The molecule has 2 aromatic carbocycles. The second kappa shape index (κ2) is 10.5. The van der Waals surface area contributed by atoms with E-state index >= 15 is 0 Å². The molecular formula is C27H19F3N4O4. The van der Waals surface area contributed by atoms with E-state index in [4.69, 9.17) is 9.47 Å². The molecule has 0 saturated heterocycles. The number of benzene rings is 2. The third kappa shape index (κ3) is 5.49. The molecule has 11 heteroatoms. The Morgan fingerprint density at radius 3 is 2.47 bits per heavy atom. The van der Waals surface area contributed by atoms with Gasteiger partial charge in [-0.25, -0.2) is 0 Å². The summed E-state index contributed by atoms with van der Waals surface area (Å²) in [6.07, 6.45) is -2.15. The van der Waals surface area contributed by atoms with Crippen LogP contribution in [0.3, 0.4) is 0 Å². The lowest BCUT2D eigenvalue weighted by atomic mass is 10.1. The Bertz CT molecular complexity index is 1650. The second-order valence-corrected chi connectivity index (χ2v) is 8.00. The monoisotopic (exact) mass is 520 g/mol. The average Bonchev–Trinajstić information content (AvgIpc) is 2.89. The van der Waals surface area contributed by atoms with E-state index in [1.54, 1.807) is 49.4 Å². The number of carbonyl (C=O) groups is 1. The fourth-order valence-electron chi connectivity index (χ4n) is 3.51. The number of rotatable bonds is 6. The number of aryl methyl sites for hydroxylation is 1. The number of hydrogen-bond donors (Lipinski definition) is 1. The number of anilines is 1. The molecule has 0 saturated carbocycles. The van der Waals surface area contributed by atoms with Crippen LogP contribution in [0.1, 0.15) is 16.7 Å². The van der Waals surface area contributed by atoms with Crippen LogP contribution in [0.15, 0.2) is 77.2 Å². The fraction of sp³-hybridized carbons (Fsp3) is 0.111. The first-order chi connectivity index (χ1) is 18.1. The molecule has 1 amide bonds. The number of fused-ring (bicyclic) bond motifs is 1. The number of carbonyl (C=O) groups excluding carboxylic acids is 1. The van der Waals surface area contributed by atoms with Gasteiger partial charge in [-0.05, 0) is 67.1 Å². The van der Waals surface area contributed by atoms with Crippen molar-refractivity contribution >= 4 is 23.3 Å². The Morgan fingerprint density at radius 1 is 1.11 bits per heavy atom. The number of alkyl halides is 3. The van der Waals surface area contributed by atoms with Crippen LogP contribution in [0, 0.1) is 18.3 Å². The smallest absolute Gasteiger partial charge is 0.416 e. The van der Waals surface area contributed by atoms with E-state index in [1.807, 2.05) is 0 Å². The highest BCUT2D eigenvalue weighted by Gasteiger charge is 2.30. The molecule has 192 valence electrons. The molecule has 1 N–H and O–H groups in total. The maximum Gasteiger partial charge on any atom is 0.416 e. The standard InChI is InChI=1S/C27H19F3N4O4/c1-16-5-4-12-34-23(16)33-25(38-21-10-8-20(37-2)9-11-21)22(26(34)36)13-17(15-31)24(35)32-19-7-3-6-18(14-19)27(28,29)30/h3-14H,1-2H3,(H,32,35)/b17-13-. The molecule has 0 radical (unpaired) electrons. The Kier molecular flexibility index (Phi) is 7.16. The highest BCUT2D eigenvalue weighted by atomic mass is 19.4. The summed E-state index contributed by atoms with van der Waals surface area (Å²) in [6, 6.07) is 15.5. The van der Waals surface area contributed by atoms with Crippen molar-refractivity contribution in [2.45, 2.75) is 13.1 Å². The van der Waals surface area contributed by atoms with Gasteiger partial charge in [0.25, 0.3) is 11.5 Å². The number of hydrogen-bond acceptors (Lipinski definition) is 6. The Morgan fingerprint density at radius 2 is 1.82 bits per heavy atom. The van der Waals surface area contributed by atoms with Gasteiger partial charge in [0.05, 0.1) is 12.7 Å². The molecule has 0 fully saturated rings. The van der Waals surface area contributed by atoms with Crippen LogP contribution in [0.4, 0.5) is 18.9 Å². The van der Waals surface area contributed by atoms with Gasteiger partial charge in [-0.15, -0.1) is 0 Å². The number of nitriles is 1. The van der Waals surface area contributed by atoms with Gasteiger partial charge in [0.1, 0.15) is 34.4 Å². The van der Waals surface area contributed by atoms with Gasteiger partial charge in [0.15, 0.2) is 0 Å². The van der Waals surface area contributed by atoms with E-state index in [0.29, 0.717) is 22.7 Å². The summed E-state index contributed by atoms with van der Waals surface area (Å²) >= 11 is 0. The molecule has 2 heterocycles. The molecule has 38 heavy (non-hydrogen) atoms. The summed E-state index contributed by atoms with van der Waals surface area (Å²) < 4.78 is 51.4. The van der Waals surface area contributed by atoms with Crippen molar-refractivity contribution in [3.05, 3.63) is 99.5 Å². The number of halogens is 3. The van der Waals surface area contributed by atoms with Crippen molar-refractivity contribution in [2.24, 2.45) is 0 Å². The third-order valence-corrected chi connectivity index (χ3v) is 5.42. The van der Waals surface area contributed by atoms with Crippen LogP contribution in [-0.4, -0.2) is 22.4 Å². The SMILES string of the molecule is COc1ccc(Oc2nc3c(C)cccn3c(=O)c2/C=C(/C#N)C(=O)Nc2cccc(C(F)(F)F)c2)cc1. The van der Waals surface area contributed by atoms with E-state index in [0.717, 1.165) is 24.3 Å².